The van der Waals surface area contributed by atoms with Crippen LogP contribution in [0.4, 0.5) is 0 Å². The van der Waals surface area contributed by atoms with Crippen LogP contribution >= 0.6 is 0 Å². The lowest BCUT2D eigenvalue weighted by Crippen LogP contribution is -2.00. The second-order valence-corrected chi connectivity index (χ2v) is 2.25. The number of nitrogens with zero attached hydrogens (tertiary/aromatic N) is 1. The van der Waals surface area contributed by atoms with E-state index in [1.807, 2.05) is 6.20 Å². The molecule has 0 bridgehead atoms. The second-order valence-electron chi connectivity index (χ2n) is 2.25. The molecule has 1 rings (SSSR count). The first-order chi connectivity index (χ1) is 5.43. The molecule has 0 aromatic carbocycles. The lowest BCUT2D eigenvalue weighted by atomic mass is 10.4. The monoisotopic (exact) mass is 153 g/mol. The SMILES string of the molecule is [CH2]CCOCCc1ncc[nH]1. The topological polar surface area (TPSA) is 37.9 Å². The first-order valence-electron chi connectivity index (χ1n) is 3.78. The molecule has 0 fully saturated rings. The molecule has 3 heteroatoms. The zero-order chi connectivity index (χ0) is 7.94. The lowest BCUT2D eigenvalue weighted by Gasteiger charge is -1.98. The largest absolute Gasteiger partial charge is 0.381 e. The molecule has 0 saturated carbocycles. The second kappa shape index (κ2) is 4.91. The summed E-state index contributed by atoms with van der Waals surface area (Å²) in [6, 6.07) is 0. The fourth-order valence-electron chi connectivity index (χ4n) is 0.808. The molecule has 3 nitrogen and oxygen atoms in total. The average molecular weight is 153 g/mol. The summed E-state index contributed by atoms with van der Waals surface area (Å²) in [5.41, 5.74) is 0. The van der Waals surface area contributed by atoms with Crippen molar-refractivity contribution in [1.82, 2.24) is 9.97 Å². The third kappa shape index (κ3) is 3.18. The van der Waals surface area contributed by atoms with Gasteiger partial charge in [-0.05, 0) is 6.42 Å². The Morgan fingerprint density at radius 1 is 1.55 bits per heavy atom. The quantitative estimate of drug-likeness (QED) is 0.645. The minimum Gasteiger partial charge on any atom is -0.381 e. The summed E-state index contributed by atoms with van der Waals surface area (Å²) in [7, 11) is 0. The van der Waals surface area contributed by atoms with Crippen molar-refractivity contribution >= 4 is 0 Å². The van der Waals surface area contributed by atoms with Gasteiger partial charge in [0, 0.05) is 25.4 Å². The molecule has 0 unspecified atom stereocenters. The number of aromatic nitrogens is 2. The first kappa shape index (κ1) is 8.27. The van der Waals surface area contributed by atoms with Crippen LogP contribution in [-0.4, -0.2) is 23.2 Å². The number of imidazole rings is 1. The minimum absolute atomic E-state index is 0.725. The summed E-state index contributed by atoms with van der Waals surface area (Å²) in [6.45, 7) is 5.13. The van der Waals surface area contributed by atoms with Crippen LogP contribution in [0.25, 0.3) is 0 Å². The zero-order valence-electron chi connectivity index (χ0n) is 6.55. The van der Waals surface area contributed by atoms with Crippen molar-refractivity contribution in [2.75, 3.05) is 13.2 Å². The van der Waals surface area contributed by atoms with E-state index in [-0.39, 0.29) is 0 Å². The Balaban J connectivity index is 2.04. The van der Waals surface area contributed by atoms with Crippen LogP contribution in [-0.2, 0) is 11.2 Å². The van der Waals surface area contributed by atoms with E-state index in [2.05, 4.69) is 16.9 Å². The van der Waals surface area contributed by atoms with E-state index >= 15 is 0 Å². The Morgan fingerprint density at radius 3 is 3.09 bits per heavy atom. The van der Waals surface area contributed by atoms with E-state index in [4.69, 9.17) is 4.74 Å². The van der Waals surface area contributed by atoms with Gasteiger partial charge in [-0.25, -0.2) is 4.98 Å². The molecule has 1 aromatic rings. The molecule has 0 amide bonds. The van der Waals surface area contributed by atoms with Crippen LogP contribution in [0.3, 0.4) is 0 Å². The first-order valence-corrected chi connectivity index (χ1v) is 3.78. The van der Waals surface area contributed by atoms with Gasteiger partial charge in [0.25, 0.3) is 0 Å². The van der Waals surface area contributed by atoms with E-state index in [0.717, 1.165) is 31.9 Å². The summed E-state index contributed by atoms with van der Waals surface area (Å²) in [4.78, 5) is 7.07. The van der Waals surface area contributed by atoms with Gasteiger partial charge in [-0.15, -0.1) is 0 Å². The molecule has 0 aliphatic heterocycles. The van der Waals surface area contributed by atoms with Crippen LogP contribution in [0.15, 0.2) is 12.4 Å². The van der Waals surface area contributed by atoms with E-state index in [9.17, 15) is 0 Å². The number of ether oxygens (including phenoxy) is 1. The molecule has 1 radical (unpaired) electrons. The maximum atomic E-state index is 5.23. The van der Waals surface area contributed by atoms with Crippen LogP contribution < -0.4 is 0 Å². The van der Waals surface area contributed by atoms with Crippen LogP contribution in [0, 0.1) is 6.92 Å². The van der Waals surface area contributed by atoms with Gasteiger partial charge in [0.1, 0.15) is 5.82 Å². The number of hydrogen-bond donors (Lipinski definition) is 1. The average Bonchev–Trinajstić information content (AvgIpc) is 2.50. The van der Waals surface area contributed by atoms with Gasteiger partial charge in [0.15, 0.2) is 0 Å². The van der Waals surface area contributed by atoms with Gasteiger partial charge in [-0.3, -0.25) is 0 Å². The fourth-order valence-corrected chi connectivity index (χ4v) is 0.808. The maximum absolute atomic E-state index is 5.23. The van der Waals surface area contributed by atoms with Gasteiger partial charge < -0.3 is 9.72 Å². The Bertz CT molecular complexity index is 172. The van der Waals surface area contributed by atoms with Gasteiger partial charge in [-0.2, -0.15) is 0 Å². The highest BCUT2D eigenvalue weighted by Gasteiger charge is 1.92. The molecule has 1 N–H and O–H groups in total. The van der Waals surface area contributed by atoms with Crippen molar-refractivity contribution in [2.24, 2.45) is 0 Å². The van der Waals surface area contributed by atoms with Crippen molar-refractivity contribution in [3.05, 3.63) is 25.1 Å². The predicted molar refractivity (Wildman–Crippen MR) is 43.1 cm³/mol. The van der Waals surface area contributed by atoms with E-state index in [1.54, 1.807) is 6.20 Å². The van der Waals surface area contributed by atoms with Gasteiger partial charge in [0.2, 0.25) is 0 Å². The smallest absolute Gasteiger partial charge is 0.108 e. The minimum atomic E-state index is 0.725. The van der Waals surface area contributed by atoms with E-state index in [0.29, 0.717) is 0 Å². The molecule has 0 saturated heterocycles. The lowest BCUT2D eigenvalue weighted by molar-refractivity contribution is 0.140. The van der Waals surface area contributed by atoms with Gasteiger partial charge in [0.05, 0.1) is 6.61 Å². The molecule has 0 spiro atoms. The summed E-state index contributed by atoms with van der Waals surface area (Å²) in [6.07, 6.45) is 5.25. The molecular weight excluding hydrogens is 140 g/mol. The number of rotatable bonds is 5. The summed E-state index contributed by atoms with van der Waals surface area (Å²) in [5.74, 6) is 0.981. The Morgan fingerprint density at radius 2 is 2.45 bits per heavy atom. The molecule has 0 aliphatic rings. The highest BCUT2D eigenvalue weighted by atomic mass is 16.5. The number of aromatic amines is 1. The predicted octanol–water partition coefficient (Wildman–Crippen LogP) is 1.19. The maximum Gasteiger partial charge on any atom is 0.108 e. The van der Waals surface area contributed by atoms with Crippen molar-refractivity contribution in [3.8, 4) is 0 Å². The molecule has 1 aromatic heterocycles. The van der Waals surface area contributed by atoms with Crippen LogP contribution in [0.5, 0.6) is 0 Å². The summed E-state index contributed by atoms with van der Waals surface area (Å²) in [5, 5.41) is 0. The van der Waals surface area contributed by atoms with Crippen molar-refractivity contribution < 1.29 is 4.74 Å². The Labute approximate surface area is 66.8 Å². The van der Waals surface area contributed by atoms with Crippen molar-refractivity contribution in [3.63, 3.8) is 0 Å². The molecular formula is C8H13N2O. The van der Waals surface area contributed by atoms with Crippen molar-refractivity contribution in [1.29, 1.82) is 0 Å². The van der Waals surface area contributed by atoms with Gasteiger partial charge >= 0.3 is 0 Å². The van der Waals surface area contributed by atoms with E-state index in [1.165, 1.54) is 0 Å². The summed E-state index contributed by atoms with van der Waals surface area (Å²) < 4.78 is 5.23. The van der Waals surface area contributed by atoms with E-state index < -0.39 is 0 Å². The van der Waals surface area contributed by atoms with Crippen LogP contribution in [0.2, 0.25) is 0 Å². The highest BCUT2D eigenvalue weighted by molar-refractivity contribution is 4.86. The van der Waals surface area contributed by atoms with Gasteiger partial charge in [-0.1, -0.05) is 6.92 Å². The molecule has 1 heterocycles. The molecule has 11 heavy (non-hydrogen) atoms. The Hall–Kier alpha value is -0.830. The number of nitrogens with one attached hydrogen (secondary N) is 1. The van der Waals surface area contributed by atoms with Crippen molar-refractivity contribution in [2.45, 2.75) is 12.8 Å². The molecule has 0 aliphatic carbocycles. The standard InChI is InChI=1S/C8H13N2O/c1-2-6-11-7-3-8-9-4-5-10-8/h4-5H,1-3,6-7H2,(H,9,10). The summed E-state index contributed by atoms with van der Waals surface area (Å²) >= 11 is 0. The number of H-pyrrole nitrogens is 1. The fraction of sp³-hybridized carbons (Fsp3) is 0.500. The third-order valence-corrected chi connectivity index (χ3v) is 1.33. The van der Waals surface area contributed by atoms with Crippen LogP contribution in [0.1, 0.15) is 12.2 Å². The molecule has 61 valence electrons. The highest BCUT2D eigenvalue weighted by Crippen LogP contribution is 1.90. The number of hydrogen-bond acceptors (Lipinski definition) is 2. The normalized spacial score (nSPS) is 10.3. The molecule has 0 atom stereocenters. The third-order valence-electron chi connectivity index (χ3n) is 1.33. The Kier molecular flexibility index (Phi) is 3.69. The zero-order valence-corrected chi connectivity index (χ0v) is 6.55.